The quantitative estimate of drug-likeness (QED) is 0.328. The van der Waals surface area contributed by atoms with Crippen molar-refractivity contribution in [2.75, 3.05) is 7.11 Å². The first kappa shape index (κ1) is 22.6. The zero-order valence-corrected chi connectivity index (χ0v) is 19.6. The van der Waals surface area contributed by atoms with Gasteiger partial charge in [0.2, 0.25) is 0 Å². The molecule has 0 aliphatic heterocycles. The Kier molecular flexibility index (Phi) is 7.96. The van der Waals surface area contributed by atoms with E-state index >= 15 is 0 Å². The zero-order chi connectivity index (χ0) is 22.2. The molecule has 0 radical (unpaired) electrons. The standard InChI is InChI=1S/C31H36O/c1-3-4-6-9-24-12-15-29(16-13-24)31-22-25(23-32-2)14-21-30(31)28-19-17-27(18-20-28)26-10-7-5-8-11-26/h5-11,14,17-22,24,29H,3-4,12-13,15-16,23H2,1-2H3/b9-6+. The maximum atomic E-state index is 5.44. The topological polar surface area (TPSA) is 9.23 Å². The Balaban J connectivity index is 1.58. The van der Waals surface area contributed by atoms with Crippen LogP contribution in [0.5, 0.6) is 0 Å². The Hall–Kier alpha value is -2.64. The molecule has 0 amide bonds. The van der Waals surface area contributed by atoms with Crippen LogP contribution in [0.1, 0.15) is 62.5 Å². The molecule has 1 aliphatic carbocycles. The van der Waals surface area contributed by atoms with Gasteiger partial charge in [0.25, 0.3) is 0 Å². The molecule has 0 heterocycles. The van der Waals surface area contributed by atoms with Gasteiger partial charge in [0.15, 0.2) is 0 Å². The van der Waals surface area contributed by atoms with Crippen LogP contribution in [0.25, 0.3) is 22.3 Å². The van der Waals surface area contributed by atoms with Crippen molar-refractivity contribution in [2.45, 2.75) is 58.0 Å². The Morgan fingerprint density at radius 3 is 2.19 bits per heavy atom. The van der Waals surface area contributed by atoms with E-state index in [0.717, 1.165) is 5.92 Å². The molecule has 1 fully saturated rings. The predicted molar refractivity (Wildman–Crippen MR) is 137 cm³/mol. The molecule has 32 heavy (non-hydrogen) atoms. The minimum Gasteiger partial charge on any atom is -0.380 e. The molecule has 1 nitrogen and oxygen atoms in total. The summed E-state index contributed by atoms with van der Waals surface area (Å²) in [5, 5.41) is 0. The van der Waals surface area contributed by atoms with Crippen molar-refractivity contribution < 1.29 is 4.74 Å². The van der Waals surface area contributed by atoms with Crippen molar-refractivity contribution in [1.29, 1.82) is 0 Å². The molecule has 166 valence electrons. The van der Waals surface area contributed by atoms with E-state index in [-0.39, 0.29) is 0 Å². The number of methoxy groups -OCH3 is 1. The van der Waals surface area contributed by atoms with E-state index in [1.807, 2.05) is 0 Å². The van der Waals surface area contributed by atoms with Gasteiger partial charge in [-0.2, -0.15) is 0 Å². The van der Waals surface area contributed by atoms with Crippen LogP contribution in [0, 0.1) is 5.92 Å². The van der Waals surface area contributed by atoms with E-state index < -0.39 is 0 Å². The molecule has 1 saturated carbocycles. The van der Waals surface area contributed by atoms with Crippen LogP contribution in [-0.2, 0) is 11.3 Å². The highest BCUT2D eigenvalue weighted by Crippen LogP contribution is 2.41. The second-order valence-electron chi connectivity index (χ2n) is 9.13. The highest BCUT2D eigenvalue weighted by molar-refractivity contribution is 5.73. The van der Waals surface area contributed by atoms with Crippen molar-refractivity contribution >= 4 is 0 Å². The summed E-state index contributed by atoms with van der Waals surface area (Å²) in [6.07, 6.45) is 12.5. The fourth-order valence-electron chi connectivity index (χ4n) is 5.02. The van der Waals surface area contributed by atoms with Crippen LogP contribution >= 0.6 is 0 Å². The maximum absolute atomic E-state index is 5.44. The normalized spacial score (nSPS) is 18.8. The average Bonchev–Trinajstić information content (AvgIpc) is 2.86. The second kappa shape index (κ2) is 11.3. The highest BCUT2D eigenvalue weighted by atomic mass is 16.5. The lowest BCUT2D eigenvalue weighted by Crippen LogP contribution is -2.13. The van der Waals surface area contributed by atoms with Crippen molar-refractivity contribution in [3.63, 3.8) is 0 Å². The number of hydrogen-bond acceptors (Lipinski definition) is 1. The Labute approximate surface area is 194 Å². The second-order valence-corrected chi connectivity index (χ2v) is 9.13. The summed E-state index contributed by atoms with van der Waals surface area (Å²) in [5.41, 5.74) is 8.01. The Morgan fingerprint density at radius 1 is 0.812 bits per heavy atom. The summed E-state index contributed by atoms with van der Waals surface area (Å²) in [5.74, 6) is 1.39. The van der Waals surface area contributed by atoms with Gasteiger partial charge in [-0.25, -0.2) is 0 Å². The first-order valence-electron chi connectivity index (χ1n) is 12.2. The highest BCUT2D eigenvalue weighted by Gasteiger charge is 2.23. The van der Waals surface area contributed by atoms with Gasteiger partial charge in [-0.15, -0.1) is 0 Å². The molecule has 4 rings (SSSR count). The van der Waals surface area contributed by atoms with Crippen molar-refractivity contribution in [2.24, 2.45) is 5.92 Å². The molecule has 0 saturated heterocycles. The van der Waals surface area contributed by atoms with Crippen molar-refractivity contribution in [1.82, 2.24) is 0 Å². The van der Waals surface area contributed by atoms with Crippen LogP contribution in [-0.4, -0.2) is 7.11 Å². The fraction of sp³-hybridized carbons (Fsp3) is 0.355. The van der Waals surface area contributed by atoms with Crippen LogP contribution < -0.4 is 0 Å². The summed E-state index contributed by atoms with van der Waals surface area (Å²) in [4.78, 5) is 0. The van der Waals surface area contributed by atoms with E-state index in [0.29, 0.717) is 12.5 Å². The first-order chi connectivity index (χ1) is 15.8. The number of ether oxygens (including phenoxy) is 1. The molecule has 1 heteroatoms. The van der Waals surface area contributed by atoms with Crippen molar-refractivity contribution in [3.05, 3.63) is 96.1 Å². The summed E-state index contributed by atoms with van der Waals surface area (Å²) >= 11 is 0. The van der Waals surface area contributed by atoms with Gasteiger partial charge in [-0.3, -0.25) is 0 Å². The SMILES string of the molecule is CCC/C=C/C1CCC(c2cc(COC)ccc2-c2ccc(-c3ccccc3)cc2)CC1. The van der Waals surface area contributed by atoms with E-state index in [4.69, 9.17) is 4.74 Å². The first-order valence-corrected chi connectivity index (χ1v) is 12.2. The molecule has 3 aromatic carbocycles. The van der Waals surface area contributed by atoms with Gasteiger partial charge in [0, 0.05) is 7.11 Å². The van der Waals surface area contributed by atoms with Gasteiger partial charge in [-0.1, -0.05) is 98.3 Å². The number of rotatable bonds is 8. The summed E-state index contributed by atoms with van der Waals surface area (Å²) in [7, 11) is 1.78. The fourth-order valence-corrected chi connectivity index (χ4v) is 5.02. The molecule has 0 atom stereocenters. The molecule has 1 aliphatic rings. The lowest BCUT2D eigenvalue weighted by Gasteiger charge is -2.29. The van der Waals surface area contributed by atoms with E-state index in [2.05, 4.69) is 91.9 Å². The van der Waals surface area contributed by atoms with Crippen LogP contribution in [0.3, 0.4) is 0 Å². The minimum atomic E-state index is 0.631. The van der Waals surface area contributed by atoms with Gasteiger partial charge < -0.3 is 4.74 Å². The number of allylic oxidation sites excluding steroid dienone is 2. The molecule has 0 spiro atoms. The molecule has 3 aromatic rings. The maximum Gasteiger partial charge on any atom is 0.0713 e. The van der Waals surface area contributed by atoms with Gasteiger partial charge in [0.05, 0.1) is 6.61 Å². The summed E-state index contributed by atoms with van der Waals surface area (Å²) in [6.45, 7) is 2.93. The van der Waals surface area contributed by atoms with Crippen LogP contribution in [0.2, 0.25) is 0 Å². The number of hydrogen-bond donors (Lipinski definition) is 0. The van der Waals surface area contributed by atoms with Gasteiger partial charge >= 0.3 is 0 Å². The van der Waals surface area contributed by atoms with Crippen LogP contribution in [0.15, 0.2) is 84.9 Å². The zero-order valence-electron chi connectivity index (χ0n) is 19.6. The van der Waals surface area contributed by atoms with Crippen LogP contribution in [0.4, 0.5) is 0 Å². The number of unbranched alkanes of at least 4 members (excludes halogenated alkanes) is 1. The molecular formula is C31H36O. The molecule has 0 unspecified atom stereocenters. The number of benzene rings is 3. The van der Waals surface area contributed by atoms with E-state index in [9.17, 15) is 0 Å². The largest absolute Gasteiger partial charge is 0.380 e. The van der Waals surface area contributed by atoms with Gasteiger partial charge in [0.1, 0.15) is 0 Å². The average molecular weight is 425 g/mol. The van der Waals surface area contributed by atoms with Crippen molar-refractivity contribution in [3.8, 4) is 22.3 Å². The summed E-state index contributed by atoms with van der Waals surface area (Å²) in [6, 6.07) is 26.7. The predicted octanol–water partition coefficient (Wildman–Crippen LogP) is 8.80. The smallest absolute Gasteiger partial charge is 0.0713 e. The lowest BCUT2D eigenvalue weighted by molar-refractivity contribution is 0.185. The molecular weight excluding hydrogens is 388 g/mol. The Morgan fingerprint density at radius 2 is 1.50 bits per heavy atom. The third kappa shape index (κ3) is 5.58. The lowest BCUT2D eigenvalue weighted by atomic mass is 9.76. The minimum absolute atomic E-state index is 0.631. The molecule has 0 aromatic heterocycles. The van der Waals surface area contributed by atoms with Gasteiger partial charge in [-0.05, 0) is 77.3 Å². The third-order valence-electron chi connectivity index (χ3n) is 6.81. The summed E-state index contributed by atoms with van der Waals surface area (Å²) < 4.78 is 5.44. The monoisotopic (exact) mass is 424 g/mol. The molecule has 0 bridgehead atoms. The van der Waals surface area contributed by atoms with E-state index in [1.165, 1.54) is 71.9 Å². The Bertz CT molecular complexity index is 992. The molecule has 0 N–H and O–H groups in total. The third-order valence-corrected chi connectivity index (χ3v) is 6.81. The van der Waals surface area contributed by atoms with E-state index in [1.54, 1.807) is 7.11 Å².